The summed E-state index contributed by atoms with van der Waals surface area (Å²) in [6.07, 6.45) is 0.254. The Balaban J connectivity index is 1.43. The number of benzene rings is 2. The van der Waals surface area contributed by atoms with Crippen molar-refractivity contribution < 1.29 is 14.4 Å². The molecule has 0 unspecified atom stereocenters. The summed E-state index contributed by atoms with van der Waals surface area (Å²) in [5.74, 6) is 0.405. The van der Waals surface area contributed by atoms with E-state index in [-0.39, 0.29) is 36.3 Å². The van der Waals surface area contributed by atoms with Crippen LogP contribution < -0.4 is 15.5 Å². The van der Waals surface area contributed by atoms with Crippen LogP contribution in [0.15, 0.2) is 54.6 Å². The van der Waals surface area contributed by atoms with Gasteiger partial charge in [-0.15, -0.1) is 0 Å². The average Bonchev–Trinajstić information content (AvgIpc) is 3.22. The third kappa shape index (κ3) is 5.82. The number of carbonyl (C=O) groups excluding carboxylic acids is 3. The van der Waals surface area contributed by atoms with E-state index < -0.39 is 0 Å². The van der Waals surface area contributed by atoms with Gasteiger partial charge in [0.25, 0.3) is 0 Å². The summed E-state index contributed by atoms with van der Waals surface area (Å²) in [7, 11) is 1.79. The second kappa shape index (κ2) is 10.5. The number of aryl methyl sites for hydroxylation is 2. The Morgan fingerprint density at radius 2 is 1.70 bits per heavy atom. The number of urea groups is 2. The second-order valence-corrected chi connectivity index (χ2v) is 10.3. The molecule has 2 N–H and O–H groups in total. The molecule has 9 heteroatoms. The highest BCUT2D eigenvalue weighted by Crippen LogP contribution is 2.26. The predicted octanol–water partition coefficient (Wildman–Crippen LogP) is 4.71. The Labute approximate surface area is 217 Å². The first kappa shape index (κ1) is 25.9. The fraction of sp³-hybridized carbons (Fsp3) is 0.357. The van der Waals surface area contributed by atoms with E-state index in [1.807, 2.05) is 55.5 Å². The lowest BCUT2D eigenvalue weighted by molar-refractivity contribution is -0.119. The number of rotatable bonds is 6. The third-order valence-electron chi connectivity index (χ3n) is 6.47. The number of hydrogen-bond donors (Lipinski definition) is 2. The van der Waals surface area contributed by atoms with Crippen molar-refractivity contribution in [2.45, 2.75) is 52.6 Å². The van der Waals surface area contributed by atoms with Crippen LogP contribution in [0.1, 0.15) is 49.6 Å². The fourth-order valence-corrected chi connectivity index (χ4v) is 4.26. The summed E-state index contributed by atoms with van der Waals surface area (Å²) in [4.78, 5) is 41.6. The lowest BCUT2D eigenvalue weighted by Gasteiger charge is -2.35. The number of para-hydroxylation sites is 1. The van der Waals surface area contributed by atoms with Crippen molar-refractivity contribution in [3.63, 3.8) is 0 Å². The first-order valence-corrected chi connectivity index (χ1v) is 12.4. The molecule has 5 amide bonds. The Hall–Kier alpha value is -4.14. The number of aromatic nitrogens is 2. The van der Waals surface area contributed by atoms with Crippen molar-refractivity contribution in [3.8, 4) is 0 Å². The molecule has 1 aliphatic rings. The van der Waals surface area contributed by atoms with Gasteiger partial charge in [-0.1, -0.05) is 63.2 Å². The maximum Gasteiger partial charge on any atom is 0.331 e. The molecular formula is C28H34N6O3. The second-order valence-electron chi connectivity index (χ2n) is 10.3. The van der Waals surface area contributed by atoms with Crippen LogP contribution in [0, 0.1) is 6.92 Å². The van der Waals surface area contributed by atoms with Crippen molar-refractivity contribution in [3.05, 3.63) is 77.0 Å². The summed E-state index contributed by atoms with van der Waals surface area (Å²) >= 11 is 0. The minimum absolute atomic E-state index is 0.127. The van der Waals surface area contributed by atoms with E-state index in [9.17, 15) is 14.4 Å². The molecule has 1 saturated heterocycles. The average molecular weight is 503 g/mol. The number of anilines is 2. The zero-order valence-electron chi connectivity index (χ0n) is 22.0. The summed E-state index contributed by atoms with van der Waals surface area (Å²) in [5, 5.41) is 10.2. The molecule has 194 valence electrons. The lowest BCUT2D eigenvalue weighted by Crippen LogP contribution is -2.52. The lowest BCUT2D eigenvalue weighted by atomic mass is 9.92. The van der Waals surface area contributed by atoms with Crippen molar-refractivity contribution in [2.75, 3.05) is 16.8 Å². The topological polar surface area (TPSA) is 99.6 Å². The number of nitrogens with zero attached hydrogens (tertiary/aromatic N) is 4. The zero-order chi connectivity index (χ0) is 26.7. The minimum atomic E-state index is -0.344. The van der Waals surface area contributed by atoms with Gasteiger partial charge in [-0.3, -0.25) is 14.8 Å². The van der Waals surface area contributed by atoms with Gasteiger partial charge in [0, 0.05) is 44.6 Å². The van der Waals surface area contributed by atoms with E-state index in [1.165, 1.54) is 4.90 Å². The van der Waals surface area contributed by atoms with Gasteiger partial charge in [-0.25, -0.2) is 14.5 Å². The zero-order valence-corrected chi connectivity index (χ0v) is 22.0. The van der Waals surface area contributed by atoms with Crippen LogP contribution in [-0.2, 0) is 30.3 Å². The van der Waals surface area contributed by atoms with Gasteiger partial charge in [0.15, 0.2) is 0 Å². The Morgan fingerprint density at radius 1 is 1.03 bits per heavy atom. The molecule has 3 aromatic rings. The number of amides is 5. The molecule has 0 saturated carbocycles. The van der Waals surface area contributed by atoms with Gasteiger partial charge in [0.2, 0.25) is 5.91 Å². The summed E-state index contributed by atoms with van der Waals surface area (Å²) in [5.41, 5.74) is 4.04. The molecule has 9 nitrogen and oxygen atoms in total. The molecule has 0 spiro atoms. The van der Waals surface area contributed by atoms with Gasteiger partial charge < -0.3 is 10.2 Å². The van der Waals surface area contributed by atoms with Crippen molar-refractivity contribution in [1.29, 1.82) is 0 Å². The van der Waals surface area contributed by atoms with Crippen LogP contribution in [-0.4, -0.2) is 39.2 Å². The van der Waals surface area contributed by atoms with E-state index in [4.69, 9.17) is 0 Å². The molecule has 37 heavy (non-hydrogen) atoms. The van der Waals surface area contributed by atoms with Crippen molar-refractivity contribution in [2.24, 2.45) is 7.05 Å². The van der Waals surface area contributed by atoms with Gasteiger partial charge >= 0.3 is 12.1 Å². The molecule has 1 fully saturated rings. The quantitative estimate of drug-likeness (QED) is 0.510. The molecule has 2 heterocycles. The van der Waals surface area contributed by atoms with Crippen LogP contribution in [0.5, 0.6) is 0 Å². The maximum atomic E-state index is 13.3. The smallest absolute Gasteiger partial charge is 0.331 e. The number of hydrogen-bond acceptors (Lipinski definition) is 4. The molecule has 0 radical (unpaired) electrons. The normalized spacial score (nSPS) is 14.2. The van der Waals surface area contributed by atoms with Crippen LogP contribution in [0.3, 0.4) is 0 Å². The Morgan fingerprint density at radius 3 is 2.38 bits per heavy atom. The SMILES string of the molecule is Cc1ccccc1N1C(=O)CCN(Cc2ccccc2CNC(=O)Nc2cc(C(C)(C)C)nn2C)C1=O. The maximum absolute atomic E-state index is 13.3. The van der Waals surface area contributed by atoms with E-state index in [1.54, 1.807) is 22.7 Å². The molecule has 1 aliphatic heterocycles. The molecular weight excluding hydrogens is 468 g/mol. The van der Waals surface area contributed by atoms with E-state index >= 15 is 0 Å². The third-order valence-corrected chi connectivity index (χ3v) is 6.47. The standard InChI is InChI=1S/C28H34N6O3/c1-19-10-6-9-13-22(19)34-25(35)14-15-33(27(34)37)18-21-12-8-7-11-20(21)17-29-26(36)30-24-16-23(28(2,3)4)31-32(24)5/h6-13,16H,14-15,17-18H2,1-5H3,(H2,29,30,36). The Kier molecular flexibility index (Phi) is 7.33. The molecule has 2 aromatic carbocycles. The van der Waals surface area contributed by atoms with E-state index in [0.717, 1.165) is 22.4 Å². The minimum Gasteiger partial charge on any atom is -0.334 e. The first-order valence-electron chi connectivity index (χ1n) is 12.4. The van der Waals surface area contributed by atoms with E-state index in [2.05, 4.69) is 36.5 Å². The van der Waals surface area contributed by atoms with Gasteiger partial charge in [0.05, 0.1) is 11.4 Å². The van der Waals surface area contributed by atoms with Gasteiger partial charge in [-0.2, -0.15) is 5.10 Å². The summed E-state index contributed by atoms with van der Waals surface area (Å²) in [6, 6.07) is 16.2. The number of nitrogens with one attached hydrogen (secondary N) is 2. The monoisotopic (exact) mass is 502 g/mol. The molecule has 0 bridgehead atoms. The number of carbonyl (C=O) groups is 3. The van der Waals surface area contributed by atoms with Crippen LogP contribution in [0.2, 0.25) is 0 Å². The van der Waals surface area contributed by atoms with Crippen molar-refractivity contribution >= 4 is 29.5 Å². The first-order chi connectivity index (χ1) is 17.5. The van der Waals surface area contributed by atoms with Crippen LogP contribution in [0.25, 0.3) is 0 Å². The van der Waals surface area contributed by atoms with Gasteiger partial charge in [-0.05, 0) is 29.7 Å². The highest BCUT2D eigenvalue weighted by Gasteiger charge is 2.34. The van der Waals surface area contributed by atoms with E-state index in [0.29, 0.717) is 24.6 Å². The highest BCUT2D eigenvalue weighted by molar-refractivity contribution is 6.16. The number of imide groups is 1. The summed E-state index contributed by atoms with van der Waals surface area (Å²) in [6.45, 7) is 9.06. The molecule has 4 rings (SSSR count). The molecule has 0 aliphatic carbocycles. The predicted molar refractivity (Wildman–Crippen MR) is 143 cm³/mol. The largest absolute Gasteiger partial charge is 0.334 e. The molecule has 0 atom stereocenters. The van der Waals surface area contributed by atoms with Crippen LogP contribution >= 0.6 is 0 Å². The summed E-state index contributed by atoms with van der Waals surface area (Å²) < 4.78 is 1.65. The van der Waals surface area contributed by atoms with Crippen molar-refractivity contribution in [1.82, 2.24) is 20.0 Å². The van der Waals surface area contributed by atoms with Gasteiger partial charge in [0.1, 0.15) is 5.82 Å². The Bertz CT molecular complexity index is 1320. The highest BCUT2D eigenvalue weighted by atomic mass is 16.2. The fourth-order valence-electron chi connectivity index (χ4n) is 4.26. The molecule has 1 aromatic heterocycles. The van der Waals surface area contributed by atoms with Crippen LogP contribution in [0.4, 0.5) is 21.1 Å².